The van der Waals surface area contributed by atoms with Gasteiger partial charge in [0.1, 0.15) is 17.1 Å². The minimum atomic E-state index is -0.941. The Hall–Kier alpha value is -1.75. The summed E-state index contributed by atoms with van der Waals surface area (Å²) in [6.45, 7) is 1.55. The maximum atomic E-state index is 11.6. The molecule has 102 valence electrons. The van der Waals surface area contributed by atoms with Crippen molar-refractivity contribution in [2.75, 3.05) is 13.2 Å². The van der Waals surface area contributed by atoms with E-state index in [0.29, 0.717) is 37.7 Å². The summed E-state index contributed by atoms with van der Waals surface area (Å²) in [7, 11) is 0. The Morgan fingerprint density at radius 1 is 1.11 bits per heavy atom. The third-order valence-electron chi connectivity index (χ3n) is 3.77. The topological polar surface area (TPSA) is 81.8 Å². The van der Waals surface area contributed by atoms with E-state index in [0.717, 1.165) is 36.0 Å². The van der Waals surface area contributed by atoms with Crippen molar-refractivity contribution in [2.45, 2.75) is 32.2 Å². The number of carboxylic acid groups (broad SMARTS) is 1. The lowest BCUT2D eigenvalue weighted by Gasteiger charge is -2.29. The number of aromatic carboxylic acids is 1. The molecule has 0 radical (unpaired) electrons. The minimum Gasteiger partial charge on any atom is -0.493 e. The van der Waals surface area contributed by atoms with Gasteiger partial charge in [0.25, 0.3) is 0 Å². The summed E-state index contributed by atoms with van der Waals surface area (Å²) in [4.78, 5) is 11.6. The highest BCUT2D eigenvalue weighted by molar-refractivity contribution is 5.95. The van der Waals surface area contributed by atoms with Crippen LogP contribution in [-0.2, 0) is 19.4 Å². The number of ether oxygens (including phenoxy) is 2. The van der Waals surface area contributed by atoms with Gasteiger partial charge in [-0.2, -0.15) is 0 Å². The average Bonchev–Trinajstić information content (AvgIpc) is 2.44. The van der Waals surface area contributed by atoms with Crippen LogP contribution in [0.1, 0.15) is 39.9 Å². The Kier molecular flexibility index (Phi) is 3.06. The van der Waals surface area contributed by atoms with Crippen molar-refractivity contribution in [3.63, 3.8) is 0 Å². The summed E-state index contributed by atoms with van der Waals surface area (Å²) in [5.74, 6) is 0.266. The smallest absolute Gasteiger partial charge is 0.339 e. The number of hydrogen-bond acceptors (Lipinski definition) is 4. The predicted molar refractivity (Wildman–Crippen MR) is 68.9 cm³/mol. The Balaban J connectivity index is 2.31. The molecule has 2 aliphatic rings. The van der Waals surface area contributed by atoms with Gasteiger partial charge in [0, 0.05) is 23.2 Å². The molecule has 0 bridgehead atoms. The highest BCUT2D eigenvalue weighted by Gasteiger charge is 2.31. The van der Waals surface area contributed by atoms with Gasteiger partial charge in [-0.1, -0.05) is 0 Å². The fraction of sp³-hybridized carbons (Fsp3) is 0.500. The summed E-state index contributed by atoms with van der Waals surface area (Å²) in [6.07, 6.45) is 3.23. The van der Waals surface area contributed by atoms with Gasteiger partial charge in [0.2, 0.25) is 0 Å². The normalized spacial score (nSPS) is 16.9. The molecule has 0 aliphatic carbocycles. The zero-order valence-corrected chi connectivity index (χ0v) is 10.7. The Bertz CT molecular complexity index is 502. The molecule has 5 heteroatoms. The van der Waals surface area contributed by atoms with Gasteiger partial charge in [0.15, 0.2) is 0 Å². The second kappa shape index (κ2) is 4.74. The van der Waals surface area contributed by atoms with Crippen LogP contribution in [0.15, 0.2) is 0 Å². The van der Waals surface area contributed by atoms with Crippen molar-refractivity contribution in [1.29, 1.82) is 0 Å². The van der Waals surface area contributed by atoms with Crippen LogP contribution >= 0.6 is 0 Å². The van der Waals surface area contributed by atoms with E-state index in [4.69, 9.17) is 15.2 Å². The fourth-order valence-electron chi connectivity index (χ4n) is 2.98. The van der Waals surface area contributed by atoms with Crippen molar-refractivity contribution in [1.82, 2.24) is 0 Å². The maximum absolute atomic E-state index is 11.6. The van der Waals surface area contributed by atoms with Crippen LogP contribution in [0.4, 0.5) is 0 Å². The Morgan fingerprint density at radius 3 is 2.37 bits per heavy atom. The van der Waals surface area contributed by atoms with Gasteiger partial charge in [-0.15, -0.1) is 0 Å². The van der Waals surface area contributed by atoms with Crippen LogP contribution in [0.5, 0.6) is 11.5 Å². The first kappa shape index (κ1) is 12.3. The van der Waals surface area contributed by atoms with E-state index in [1.165, 1.54) is 0 Å². The van der Waals surface area contributed by atoms with E-state index in [2.05, 4.69) is 0 Å². The van der Waals surface area contributed by atoms with E-state index in [1.54, 1.807) is 0 Å². The predicted octanol–water partition coefficient (Wildman–Crippen LogP) is 1.49. The highest BCUT2D eigenvalue weighted by atomic mass is 16.5. The minimum absolute atomic E-state index is 0.279. The zero-order valence-electron chi connectivity index (χ0n) is 10.7. The summed E-state index contributed by atoms with van der Waals surface area (Å²) < 4.78 is 11.3. The molecular weight excluding hydrogens is 246 g/mol. The standard InChI is InChI=1S/C14H17NO4/c15-7-10-8-3-1-6-19-13(8)11(14(16)17)9-4-2-5-18-12(9)10/h1-7,15H2,(H,16,17). The van der Waals surface area contributed by atoms with Crippen LogP contribution < -0.4 is 15.2 Å². The number of nitrogens with two attached hydrogens (primary N) is 1. The quantitative estimate of drug-likeness (QED) is 0.845. The monoisotopic (exact) mass is 263 g/mol. The molecule has 2 aliphatic heterocycles. The van der Waals surface area contributed by atoms with E-state index in [-0.39, 0.29) is 5.56 Å². The first-order valence-corrected chi connectivity index (χ1v) is 6.63. The molecular formula is C14H17NO4. The van der Waals surface area contributed by atoms with E-state index >= 15 is 0 Å². The summed E-state index contributed by atoms with van der Waals surface area (Å²) in [6, 6.07) is 0. The Morgan fingerprint density at radius 2 is 1.74 bits per heavy atom. The number of carboxylic acids is 1. The molecule has 3 rings (SSSR count). The van der Waals surface area contributed by atoms with Crippen molar-refractivity contribution in [2.24, 2.45) is 5.73 Å². The lowest BCUT2D eigenvalue weighted by Crippen LogP contribution is -2.22. The van der Waals surface area contributed by atoms with Gasteiger partial charge in [-0.25, -0.2) is 4.79 Å². The zero-order chi connectivity index (χ0) is 13.4. The number of carbonyl (C=O) groups is 1. The molecule has 5 nitrogen and oxygen atoms in total. The first-order valence-electron chi connectivity index (χ1n) is 6.63. The summed E-state index contributed by atoms with van der Waals surface area (Å²) in [5, 5.41) is 9.49. The molecule has 0 atom stereocenters. The molecule has 0 unspecified atom stereocenters. The SMILES string of the molecule is NCc1c2c(c(C(=O)O)c3c1OCCC3)OCCC2. The van der Waals surface area contributed by atoms with Gasteiger partial charge in [0.05, 0.1) is 13.2 Å². The lowest BCUT2D eigenvalue weighted by atomic mass is 9.88. The summed E-state index contributed by atoms with van der Waals surface area (Å²) in [5.41, 5.74) is 8.72. The van der Waals surface area contributed by atoms with Gasteiger partial charge in [-0.3, -0.25) is 0 Å². The van der Waals surface area contributed by atoms with E-state index in [9.17, 15) is 9.90 Å². The van der Waals surface area contributed by atoms with Crippen molar-refractivity contribution in [3.05, 3.63) is 22.3 Å². The number of rotatable bonds is 2. The Labute approximate surface area is 111 Å². The second-order valence-electron chi connectivity index (χ2n) is 4.88. The summed E-state index contributed by atoms with van der Waals surface area (Å²) >= 11 is 0. The lowest BCUT2D eigenvalue weighted by molar-refractivity contribution is 0.0688. The molecule has 19 heavy (non-hydrogen) atoms. The highest BCUT2D eigenvalue weighted by Crippen LogP contribution is 2.43. The third kappa shape index (κ3) is 1.85. The van der Waals surface area contributed by atoms with E-state index < -0.39 is 5.97 Å². The van der Waals surface area contributed by atoms with Crippen LogP contribution in [-0.4, -0.2) is 24.3 Å². The average molecular weight is 263 g/mol. The fourth-order valence-corrected chi connectivity index (χ4v) is 2.98. The van der Waals surface area contributed by atoms with Crippen LogP contribution in [0.2, 0.25) is 0 Å². The second-order valence-corrected chi connectivity index (χ2v) is 4.88. The number of benzene rings is 1. The number of hydrogen-bond donors (Lipinski definition) is 2. The third-order valence-corrected chi connectivity index (χ3v) is 3.77. The van der Waals surface area contributed by atoms with Crippen LogP contribution in [0, 0.1) is 0 Å². The molecule has 0 saturated heterocycles. The molecule has 1 aromatic rings. The molecule has 0 fully saturated rings. The molecule has 3 N–H and O–H groups in total. The van der Waals surface area contributed by atoms with Crippen molar-refractivity contribution in [3.8, 4) is 11.5 Å². The van der Waals surface area contributed by atoms with E-state index in [1.807, 2.05) is 0 Å². The molecule has 1 aromatic carbocycles. The number of fused-ring (bicyclic) bond motifs is 2. The van der Waals surface area contributed by atoms with Crippen LogP contribution in [0.25, 0.3) is 0 Å². The molecule has 0 aromatic heterocycles. The molecule has 2 heterocycles. The van der Waals surface area contributed by atoms with Gasteiger partial charge >= 0.3 is 5.97 Å². The largest absolute Gasteiger partial charge is 0.493 e. The molecule has 0 spiro atoms. The maximum Gasteiger partial charge on any atom is 0.339 e. The molecule has 0 saturated carbocycles. The van der Waals surface area contributed by atoms with Gasteiger partial charge < -0.3 is 20.3 Å². The van der Waals surface area contributed by atoms with Gasteiger partial charge in [-0.05, 0) is 25.7 Å². The van der Waals surface area contributed by atoms with Crippen LogP contribution in [0.3, 0.4) is 0 Å². The first-order chi connectivity index (χ1) is 9.24. The van der Waals surface area contributed by atoms with Crippen molar-refractivity contribution >= 4 is 5.97 Å². The van der Waals surface area contributed by atoms with Crippen molar-refractivity contribution < 1.29 is 19.4 Å². The molecule has 0 amide bonds.